The highest BCUT2D eigenvalue weighted by molar-refractivity contribution is 5.84. The van der Waals surface area contributed by atoms with Crippen molar-refractivity contribution in [3.05, 3.63) is 47.0 Å². The maximum atomic E-state index is 12.5. The van der Waals surface area contributed by atoms with Crippen LogP contribution in [0.5, 0.6) is 0 Å². The van der Waals surface area contributed by atoms with E-state index in [0.717, 1.165) is 31.7 Å². The summed E-state index contributed by atoms with van der Waals surface area (Å²) in [6.45, 7) is 5.55. The van der Waals surface area contributed by atoms with Crippen molar-refractivity contribution in [1.29, 1.82) is 0 Å². The quantitative estimate of drug-likeness (QED) is 0.798. The van der Waals surface area contributed by atoms with E-state index < -0.39 is 0 Å². The van der Waals surface area contributed by atoms with Crippen molar-refractivity contribution in [2.24, 2.45) is 0 Å². The van der Waals surface area contributed by atoms with Crippen LogP contribution in [0, 0.1) is 0 Å². The van der Waals surface area contributed by atoms with Gasteiger partial charge in [-0.3, -0.25) is 4.79 Å². The highest BCUT2D eigenvalue weighted by Crippen LogP contribution is 2.25. The van der Waals surface area contributed by atoms with E-state index in [1.165, 1.54) is 11.1 Å². The molecule has 1 aromatic rings. The first kappa shape index (κ1) is 11.5. The predicted octanol–water partition coefficient (Wildman–Crippen LogP) is 1.53. The lowest BCUT2D eigenvalue weighted by Gasteiger charge is -2.22. The first-order valence-corrected chi connectivity index (χ1v) is 6.50. The summed E-state index contributed by atoms with van der Waals surface area (Å²) in [5.41, 5.74) is 3.94. The summed E-state index contributed by atoms with van der Waals surface area (Å²) in [4.78, 5) is 14.4. The molecule has 1 atom stereocenters. The SMILES string of the molecule is C[C@@H](C(=O)N1CC2=C(CNC2)C1)c1ccccc1. The van der Waals surface area contributed by atoms with Crippen LogP contribution in [-0.4, -0.2) is 37.0 Å². The number of amides is 1. The Labute approximate surface area is 107 Å². The second-order valence-corrected chi connectivity index (χ2v) is 5.14. The van der Waals surface area contributed by atoms with Gasteiger partial charge in [-0.25, -0.2) is 0 Å². The normalized spacial score (nSPS) is 20.2. The highest BCUT2D eigenvalue weighted by atomic mass is 16.2. The molecule has 2 heterocycles. The molecule has 0 aromatic heterocycles. The van der Waals surface area contributed by atoms with Crippen LogP contribution in [0.4, 0.5) is 0 Å². The molecule has 0 spiro atoms. The zero-order valence-electron chi connectivity index (χ0n) is 10.6. The third-order valence-electron chi connectivity index (χ3n) is 3.92. The lowest BCUT2D eigenvalue weighted by molar-refractivity contribution is -0.131. The van der Waals surface area contributed by atoms with Crippen molar-refractivity contribution in [3.63, 3.8) is 0 Å². The molecule has 0 unspecified atom stereocenters. The van der Waals surface area contributed by atoms with Gasteiger partial charge in [0.25, 0.3) is 0 Å². The Kier molecular flexibility index (Phi) is 2.92. The summed E-state index contributed by atoms with van der Waals surface area (Å²) < 4.78 is 0. The monoisotopic (exact) mass is 242 g/mol. The van der Waals surface area contributed by atoms with Crippen LogP contribution in [-0.2, 0) is 4.79 Å². The molecule has 1 aromatic carbocycles. The fourth-order valence-corrected chi connectivity index (χ4v) is 2.78. The molecular weight excluding hydrogens is 224 g/mol. The second kappa shape index (κ2) is 4.58. The Balaban J connectivity index is 1.69. The smallest absolute Gasteiger partial charge is 0.230 e. The summed E-state index contributed by atoms with van der Waals surface area (Å²) in [5.74, 6) is 0.204. The molecule has 1 N–H and O–H groups in total. The van der Waals surface area contributed by atoms with Crippen LogP contribution < -0.4 is 5.32 Å². The molecular formula is C15H18N2O. The van der Waals surface area contributed by atoms with Gasteiger partial charge in [0.15, 0.2) is 0 Å². The van der Waals surface area contributed by atoms with Gasteiger partial charge in [0.1, 0.15) is 0 Å². The van der Waals surface area contributed by atoms with Gasteiger partial charge in [0.05, 0.1) is 5.92 Å². The fourth-order valence-electron chi connectivity index (χ4n) is 2.78. The van der Waals surface area contributed by atoms with Crippen LogP contribution in [0.15, 0.2) is 41.5 Å². The van der Waals surface area contributed by atoms with Crippen molar-refractivity contribution >= 4 is 5.91 Å². The maximum Gasteiger partial charge on any atom is 0.230 e. The molecule has 3 rings (SSSR count). The minimum Gasteiger partial charge on any atom is -0.334 e. The average Bonchev–Trinajstić information content (AvgIpc) is 2.99. The Hall–Kier alpha value is -1.61. The van der Waals surface area contributed by atoms with E-state index in [2.05, 4.69) is 5.32 Å². The number of carbonyl (C=O) groups is 1. The summed E-state index contributed by atoms with van der Waals surface area (Å²) >= 11 is 0. The third-order valence-corrected chi connectivity index (χ3v) is 3.92. The van der Waals surface area contributed by atoms with Crippen LogP contribution in [0.1, 0.15) is 18.4 Å². The van der Waals surface area contributed by atoms with Crippen molar-refractivity contribution in [2.75, 3.05) is 26.2 Å². The summed E-state index contributed by atoms with van der Waals surface area (Å²) in [5, 5.41) is 3.33. The van der Waals surface area contributed by atoms with Gasteiger partial charge in [-0.05, 0) is 23.6 Å². The molecule has 1 amide bonds. The number of hydrogen-bond acceptors (Lipinski definition) is 2. The van der Waals surface area contributed by atoms with Crippen LogP contribution in [0.25, 0.3) is 0 Å². The average molecular weight is 242 g/mol. The number of carbonyl (C=O) groups excluding carboxylic acids is 1. The van der Waals surface area contributed by atoms with Crippen molar-refractivity contribution < 1.29 is 4.79 Å². The zero-order valence-corrected chi connectivity index (χ0v) is 10.6. The van der Waals surface area contributed by atoms with Gasteiger partial charge in [-0.15, -0.1) is 0 Å². The van der Waals surface area contributed by atoms with Gasteiger partial charge in [0.2, 0.25) is 5.91 Å². The molecule has 2 aliphatic heterocycles. The van der Waals surface area contributed by atoms with Crippen LogP contribution >= 0.6 is 0 Å². The molecule has 18 heavy (non-hydrogen) atoms. The minimum atomic E-state index is -0.0424. The first-order valence-electron chi connectivity index (χ1n) is 6.50. The van der Waals surface area contributed by atoms with Gasteiger partial charge < -0.3 is 10.2 Å². The first-order chi connectivity index (χ1) is 8.75. The second-order valence-electron chi connectivity index (χ2n) is 5.14. The highest BCUT2D eigenvalue weighted by Gasteiger charge is 2.30. The molecule has 3 heteroatoms. The van der Waals surface area contributed by atoms with Crippen molar-refractivity contribution in [2.45, 2.75) is 12.8 Å². The minimum absolute atomic E-state index is 0.0424. The molecule has 0 saturated carbocycles. The summed E-state index contributed by atoms with van der Waals surface area (Å²) in [6.07, 6.45) is 0. The number of nitrogens with zero attached hydrogens (tertiary/aromatic N) is 1. The number of hydrogen-bond donors (Lipinski definition) is 1. The van der Waals surface area contributed by atoms with Crippen LogP contribution in [0.3, 0.4) is 0 Å². The van der Waals surface area contributed by atoms with Gasteiger partial charge >= 0.3 is 0 Å². The molecule has 3 nitrogen and oxygen atoms in total. The van der Waals surface area contributed by atoms with Gasteiger partial charge in [-0.2, -0.15) is 0 Å². The third kappa shape index (κ3) is 1.95. The zero-order chi connectivity index (χ0) is 12.5. The Bertz CT molecular complexity index is 476. The lowest BCUT2D eigenvalue weighted by Crippen LogP contribution is -2.35. The van der Waals surface area contributed by atoms with Crippen molar-refractivity contribution in [3.8, 4) is 0 Å². The Morgan fingerprint density at radius 3 is 2.39 bits per heavy atom. The van der Waals surface area contributed by atoms with E-state index in [-0.39, 0.29) is 11.8 Å². The number of rotatable bonds is 2. The standard InChI is InChI=1S/C15H18N2O/c1-11(12-5-3-2-4-6-12)15(18)17-9-13-7-16-8-14(13)10-17/h2-6,11,16H,7-10H2,1H3/t11-/m1/s1. The lowest BCUT2D eigenvalue weighted by atomic mass is 10.00. The van der Waals surface area contributed by atoms with Crippen LogP contribution in [0.2, 0.25) is 0 Å². The molecule has 0 bridgehead atoms. The molecule has 0 radical (unpaired) electrons. The Morgan fingerprint density at radius 1 is 1.17 bits per heavy atom. The summed E-state index contributed by atoms with van der Waals surface area (Å²) in [7, 11) is 0. The summed E-state index contributed by atoms with van der Waals surface area (Å²) in [6, 6.07) is 10.0. The van der Waals surface area contributed by atoms with E-state index in [0.29, 0.717) is 0 Å². The maximum absolute atomic E-state index is 12.5. The van der Waals surface area contributed by atoms with Crippen molar-refractivity contribution in [1.82, 2.24) is 10.2 Å². The fraction of sp³-hybridized carbons (Fsp3) is 0.400. The van der Waals surface area contributed by atoms with Gasteiger partial charge in [0, 0.05) is 26.2 Å². The molecule has 0 fully saturated rings. The van der Waals surface area contributed by atoms with E-state index in [9.17, 15) is 4.79 Å². The number of benzene rings is 1. The molecule has 0 aliphatic carbocycles. The molecule has 0 saturated heterocycles. The van der Waals surface area contributed by atoms with E-state index in [4.69, 9.17) is 0 Å². The van der Waals surface area contributed by atoms with Gasteiger partial charge in [-0.1, -0.05) is 30.3 Å². The molecule has 2 aliphatic rings. The van der Waals surface area contributed by atoms with E-state index in [1.807, 2.05) is 42.2 Å². The Morgan fingerprint density at radius 2 is 1.78 bits per heavy atom. The van der Waals surface area contributed by atoms with E-state index in [1.54, 1.807) is 0 Å². The molecule has 94 valence electrons. The predicted molar refractivity (Wildman–Crippen MR) is 71.3 cm³/mol. The van der Waals surface area contributed by atoms with E-state index >= 15 is 0 Å². The number of nitrogens with one attached hydrogen (secondary N) is 1. The largest absolute Gasteiger partial charge is 0.334 e. The topological polar surface area (TPSA) is 32.3 Å².